The number of aliphatic hydroxyl groups is 1. The van der Waals surface area contributed by atoms with E-state index in [2.05, 4.69) is 14.9 Å². The van der Waals surface area contributed by atoms with Crippen molar-refractivity contribution in [3.8, 4) is 0 Å². The first-order valence-electron chi connectivity index (χ1n) is 6.79. The van der Waals surface area contributed by atoms with E-state index in [-0.39, 0.29) is 12.3 Å². The molecule has 1 saturated heterocycles. The predicted molar refractivity (Wildman–Crippen MR) is 78.8 cm³/mol. The molecular formula is C12H20N6O3. The Kier molecular flexibility index (Phi) is 4.86. The summed E-state index contributed by atoms with van der Waals surface area (Å²) in [5.41, 5.74) is -0.0573. The maximum atomic E-state index is 11.4. The second-order valence-electron chi connectivity index (χ2n) is 5.07. The summed E-state index contributed by atoms with van der Waals surface area (Å²) in [7, 11) is 3.44. The topological polar surface area (TPSA) is 98.9 Å². The minimum Gasteiger partial charge on any atom is -0.395 e. The van der Waals surface area contributed by atoms with E-state index in [1.54, 1.807) is 19.0 Å². The van der Waals surface area contributed by atoms with Crippen LogP contribution < -0.4 is 9.80 Å². The molecule has 0 amide bonds. The molecule has 0 aliphatic carbocycles. The van der Waals surface area contributed by atoms with E-state index in [1.807, 2.05) is 4.90 Å². The summed E-state index contributed by atoms with van der Waals surface area (Å²) in [4.78, 5) is 24.7. The van der Waals surface area contributed by atoms with Crippen molar-refractivity contribution < 1.29 is 10.0 Å². The number of hydrogen-bond donors (Lipinski definition) is 1. The Morgan fingerprint density at radius 2 is 2.00 bits per heavy atom. The normalized spacial score (nSPS) is 16.0. The van der Waals surface area contributed by atoms with Crippen LogP contribution in [0.25, 0.3) is 0 Å². The maximum Gasteiger partial charge on any atom is 0.353 e. The zero-order chi connectivity index (χ0) is 15.4. The molecule has 1 aromatic rings. The van der Waals surface area contributed by atoms with Crippen LogP contribution in [0, 0.1) is 10.1 Å². The number of nitro groups is 1. The minimum absolute atomic E-state index is 0.0573. The van der Waals surface area contributed by atoms with Crippen molar-refractivity contribution in [2.24, 2.45) is 0 Å². The van der Waals surface area contributed by atoms with Crippen molar-refractivity contribution in [1.29, 1.82) is 0 Å². The van der Waals surface area contributed by atoms with Gasteiger partial charge in [-0.25, -0.2) is 9.97 Å². The number of aromatic nitrogens is 2. The van der Waals surface area contributed by atoms with Crippen molar-refractivity contribution in [3.05, 3.63) is 16.4 Å². The molecule has 1 N–H and O–H groups in total. The molecule has 0 spiro atoms. The van der Waals surface area contributed by atoms with E-state index in [0.29, 0.717) is 31.3 Å². The Labute approximate surface area is 123 Å². The summed E-state index contributed by atoms with van der Waals surface area (Å²) in [6.45, 7) is 3.54. The lowest BCUT2D eigenvalue weighted by molar-refractivity contribution is -0.383. The third-order valence-electron chi connectivity index (χ3n) is 3.48. The fourth-order valence-electron chi connectivity index (χ4n) is 2.41. The highest BCUT2D eigenvalue weighted by molar-refractivity contribution is 5.70. The van der Waals surface area contributed by atoms with Gasteiger partial charge in [0.1, 0.15) is 6.33 Å². The summed E-state index contributed by atoms with van der Waals surface area (Å²) in [5.74, 6) is 0.671. The standard InChI is InChI=1S/C12H20N6O3/c1-15(2)11-10(18(20)21)12(14-9-13-11)17-5-3-16(4-6-17)7-8-19/h9,19H,3-8H2,1-2H3. The molecule has 1 aliphatic heterocycles. The fraction of sp³-hybridized carbons (Fsp3) is 0.667. The molecule has 9 heteroatoms. The third-order valence-corrected chi connectivity index (χ3v) is 3.48. The molecule has 2 heterocycles. The van der Waals surface area contributed by atoms with Crippen LogP contribution in [-0.4, -0.2) is 78.3 Å². The predicted octanol–water partition coefficient (Wildman–Crippen LogP) is -0.435. The van der Waals surface area contributed by atoms with Crippen molar-refractivity contribution in [3.63, 3.8) is 0 Å². The largest absolute Gasteiger partial charge is 0.395 e. The number of aliphatic hydroxyl groups excluding tert-OH is 1. The highest BCUT2D eigenvalue weighted by Gasteiger charge is 2.29. The average molecular weight is 296 g/mol. The number of nitrogens with zero attached hydrogens (tertiary/aromatic N) is 6. The van der Waals surface area contributed by atoms with Crippen LogP contribution in [0.5, 0.6) is 0 Å². The van der Waals surface area contributed by atoms with Crippen LogP contribution >= 0.6 is 0 Å². The van der Waals surface area contributed by atoms with Gasteiger partial charge in [-0.1, -0.05) is 0 Å². The van der Waals surface area contributed by atoms with Gasteiger partial charge < -0.3 is 14.9 Å². The summed E-state index contributed by atoms with van der Waals surface area (Å²) in [5, 5.41) is 20.3. The molecule has 1 aliphatic rings. The molecule has 1 aromatic heterocycles. The van der Waals surface area contributed by atoms with E-state index < -0.39 is 4.92 Å². The first kappa shape index (κ1) is 15.4. The van der Waals surface area contributed by atoms with Gasteiger partial charge in [-0.2, -0.15) is 0 Å². The Bertz CT molecular complexity index is 502. The van der Waals surface area contributed by atoms with Crippen LogP contribution in [0.1, 0.15) is 0 Å². The summed E-state index contributed by atoms with van der Waals surface area (Å²) in [6.07, 6.45) is 1.36. The molecule has 0 radical (unpaired) electrons. The molecule has 1 fully saturated rings. The number of hydrogen-bond acceptors (Lipinski definition) is 8. The van der Waals surface area contributed by atoms with Crippen LogP contribution in [0.3, 0.4) is 0 Å². The van der Waals surface area contributed by atoms with Gasteiger partial charge in [0, 0.05) is 46.8 Å². The lowest BCUT2D eigenvalue weighted by atomic mass is 10.3. The van der Waals surface area contributed by atoms with Crippen LogP contribution in [0.4, 0.5) is 17.3 Å². The molecule has 0 unspecified atom stereocenters. The molecule has 0 bridgehead atoms. The highest BCUT2D eigenvalue weighted by Crippen LogP contribution is 2.33. The Balaban J connectivity index is 2.24. The van der Waals surface area contributed by atoms with Gasteiger partial charge in [0.05, 0.1) is 11.5 Å². The second kappa shape index (κ2) is 6.64. The van der Waals surface area contributed by atoms with E-state index >= 15 is 0 Å². The number of rotatable bonds is 5. The molecule has 2 rings (SSSR count). The van der Waals surface area contributed by atoms with Crippen LogP contribution in [-0.2, 0) is 0 Å². The van der Waals surface area contributed by atoms with Crippen molar-refractivity contribution >= 4 is 17.3 Å². The first-order chi connectivity index (χ1) is 10.0. The number of piperazine rings is 1. The number of β-amino-alcohol motifs (C(OH)–C–C–N with tert-alkyl or cyclic N) is 1. The van der Waals surface area contributed by atoms with E-state index in [0.717, 1.165) is 13.1 Å². The van der Waals surface area contributed by atoms with Gasteiger partial charge in [0.25, 0.3) is 0 Å². The van der Waals surface area contributed by atoms with E-state index in [1.165, 1.54) is 6.33 Å². The third kappa shape index (κ3) is 3.37. The summed E-state index contributed by atoms with van der Waals surface area (Å²) < 4.78 is 0. The van der Waals surface area contributed by atoms with Gasteiger partial charge >= 0.3 is 5.69 Å². The van der Waals surface area contributed by atoms with E-state index in [9.17, 15) is 10.1 Å². The van der Waals surface area contributed by atoms with Crippen molar-refractivity contribution in [2.45, 2.75) is 0 Å². The second-order valence-corrected chi connectivity index (χ2v) is 5.07. The minimum atomic E-state index is -0.426. The molecule has 0 atom stereocenters. The lowest BCUT2D eigenvalue weighted by Gasteiger charge is -2.34. The smallest absolute Gasteiger partial charge is 0.353 e. The van der Waals surface area contributed by atoms with Crippen molar-refractivity contribution in [2.75, 3.05) is 63.2 Å². The zero-order valence-electron chi connectivity index (χ0n) is 12.3. The number of anilines is 2. The Morgan fingerprint density at radius 1 is 1.33 bits per heavy atom. The van der Waals surface area contributed by atoms with Gasteiger partial charge in [-0.15, -0.1) is 0 Å². The van der Waals surface area contributed by atoms with E-state index in [4.69, 9.17) is 5.11 Å². The zero-order valence-corrected chi connectivity index (χ0v) is 12.3. The van der Waals surface area contributed by atoms with Crippen LogP contribution in [0.2, 0.25) is 0 Å². The van der Waals surface area contributed by atoms with Gasteiger partial charge in [-0.05, 0) is 0 Å². The first-order valence-corrected chi connectivity index (χ1v) is 6.79. The molecule has 116 valence electrons. The highest BCUT2D eigenvalue weighted by atomic mass is 16.6. The van der Waals surface area contributed by atoms with Crippen molar-refractivity contribution in [1.82, 2.24) is 14.9 Å². The Hall–Kier alpha value is -2.00. The fourth-order valence-corrected chi connectivity index (χ4v) is 2.41. The average Bonchev–Trinajstić information content (AvgIpc) is 2.47. The molecule has 0 aromatic carbocycles. The SMILES string of the molecule is CN(C)c1ncnc(N2CCN(CCO)CC2)c1[N+](=O)[O-]. The molecule has 21 heavy (non-hydrogen) atoms. The molecule has 0 saturated carbocycles. The van der Waals surface area contributed by atoms with Gasteiger partial charge in [-0.3, -0.25) is 15.0 Å². The van der Waals surface area contributed by atoms with Crippen LogP contribution in [0.15, 0.2) is 6.33 Å². The monoisotopic (exact) mass is 296 g/mol. The quantitative estimate of drug-likeness (QED) is 0.577. The van der Waals surface area contributed by atoms with Gasteiger partial charge in [0.2, 0.25) is 11.6 Å². The molecule has 9 nitrogen and oxygen atoms in total. The maximum absolute atomic E-state index is 11.4. The summed E-state index contributed by atoms with van der Waals surface area (Å²) >= 11 is 0. The Morgan fingerprint density at radius 3 is 2.52 bits per heavy atom. The molecular weight excluding hydrogens is 276 g/mol. The lowest BCUT2D eigenvalue weighted by Crippen LogP contribution is -2.47. The van der Waals surface area contributed by atoms with Gasteiger partial charge in [0.15, 0.2) is 0 Å². The summed E-state index contributed by atoms with van der Waals surface area (Å²) in [6, 6.07) is 0.